The zero-order valence-electron chi connectivity index (χ0n) is 13.6. The Morgan fingerprint density at radius 3 is 2.67 bits per heavy atom. The predicted molar refractivity (Wildman–Crippen MR) is 100 cm³/mol. The Morgan fingerprint density at radius 1 is 1.33 bits per heavy atom. The van der Waals surface area contributed by atoms with Crippen molar-refractivity contribution in [1.29, 1.82) is 0 Å². The third kappa shape index (κ3) is 10.3. The molecule has 6 heteroatoms. The van der Waals surface area contributed by atoms with E-state index in [-0.39, 0.29) is 24.0 Å². The number of likely N-dealkylation sites (tertiary alicyclic amines) is 1. The molecule has 5 nitrogen and oxygen atoms in total. The molecule has 0 bridgehead atoms. The molecule has 0 amide bonds. The first-order chi connectivity index (χ1) is 9.76. The number of aliphatic imine (C=N–C) groups is 1. The fraction of sp³-hybridized carbons (Fsp3) is 0.933. The minimum Gasteiger partial charge on any atom is -0.382 e. The van der Waals surface area contributed by atoms with Crippen molar-refractivity contribution >= 4 is 29.9 Å². The summed E-state index contributed by atoms with van der Waals surface area (Å²) in [5.74, 6) is 1.42. The predicted octanol–water partition coefficient (Wildman–Crippen LogP) is 2.06. The van der Waals surface area contributed by atoms with E-state index in [1.807, 2.05) is 6.92 Å². The maximum atomic E-state index is 5.84. The number of nitrogens with zero attached hydrogens (tertiary/aromatic N) is 2. The van der Waals surface area contributed by atoms with Crippen molar-refractivity contribution in [3.63, 3.8) is 0 Å². The standard InChI is InChI=1S/C15H32N4O.HI/c1-3-19-11-7-14(8-12-19)6-10-18-15(16)17-9-5-13-20-4-2;/h14H,3-13H2,1-2H3,(H3,16,17,18);1H. The lowest BCUT2D eigenvalue weighted by Gasteiger charge is -2.31. The maximum absolute atomic E-state index is 5.84. The van der Waals surface area contributed by atoms with E-state index in [9.17, 15) is 0 Å². The first kappa shape index (κ1) is 20.9. The van der Waals surface area contributed by atoms with Crippen LogP contribution in [0.2, 0.25) is 0 Å². The number of halogens is 1. The molecule has 1 aliphatic heterocycles. The minimum atomic E-state index is 0. The van der Waals surface area contributed by atoms with E-state index >= 15 is 0 Å². The molecular formula is C15H33IN4O. The van der Waals surface area contributed by atoms with Gasteiger partial charge in [-0.15, -0.1) is 24.0 Å². The highest BCUT2D eigenvalue weighted by atomic mass is 127. The van der Waals surface area contributed by atoms with E-state index < -0.39 is 0 Å². The number of ether oxygens (including phenoxy) is 1. The van der Waals surface area contributed by atoms with Crippen molar-refractivity contribution in [2.75, 3.05) is 45.9 Å². The normalized spacial score (nSPS) is 17.5. The molecule has 0 aliphatic carbocycles. The number of hydrogen-bond acceptors (Lipinski definition) is 3. The Bertz CT molecular complexity index is 268. The summed E-state index contributed by atoms with van der Waals surface area (Å²) in [5, 5.41) is 3.22. The van der Waals surface area contributed by atoms with E-state index in [0.717, 1.165) is 38.6 Å². The van der Waals surface area contributed by atoms with Crippen LogP contribution in [-0.4, -0.2) is 56.8 Å². The van der Waals surface area contributed by atoms with Crippen LogP contribution < -0.4 is 11.1 Å². The zero-order valence-corrected chi connectivity index (χ0v) is 16.0. The first-order valence-electron chi connectivity index (χ1n) is 8.10. The van der Waals surface area contributed by atoms with Gasteiger partial charge in [-0.1, -0.05) is 6.92 Å². The Labute approximate surface area is 147 Å². The Kier molecular flexibility index (Phi) is 13.5. The fourth-order valence-corrected chi connectivity index (χ4v) is 2.56. The van der Waals surface area contributed by atoms with E-state index in [0.29, 0.717) is 5.96 Å². The molecule has 0 aromatic rings. The van der Waals surface area contributed by atoms with Crippen LogP contribution in [0.5, 0.6) is 0 Å². The van der Waals surface area contributed by atoms with Crippen molar-refractivity contribution in [2.24, 2.45) is 16.6 Å². The molecule has 0 radical (unpaired) electrons. The van der Waals surface area contributed by atoms with Gasteiger partial charge >= 0.3 is 0 Å². The quantitative estimate of drug-likeness (QED) is 0.263. The number of guanidine groups is 1. The molecule has 1 fully saturated rings. The van der Waals surface area contributed by atoms with E-state index in [1.165, 1.54) is 38.9 Å². The van der Waals surface area contributed by atoms with E-state index in [1.54, 1.807) is 0 Å². The highest BCUT2D eigenvalue weighted by molar-refractivity contribution is 14.0. The molecule has 0 unspecified atom stereocenters. The van der Waals surface area contributed by atoms with Crippen LogP contribution in [0.25, 0.3) is 0 Å². The highest BCUT2D eigenvalue weighted by Gasteiger charge is 2.17. The summed E-state index contributed by atoms with van der Waals surface area (Å²) >= 11 is 0. The van der Waals surface area contributed by atoms with Gasteiger partial charge in [0.25, 0.3) is 0 Å². The fourth-order valence-electron chi connectivity index (χ4n) is 2.56. The van der Waals surface area contributed by atoms with Gasteiger partial charge in [-0.05, 0) is 58.2 Å². The van der Waals surface area contributed by atoms with Crippen molar-refractivity contribution in [1.82, 2.24) is 10.2 Å². The van der Waals surface area contributed by atoms with Crippen molar-refractivity contribution in [3.8, 4) is 0 Å². The van der Waals surface area contributed by atoms with E-state index in [4.69, 9.17) is 10.5 Å². The second kappa shape index (κ2) is 13.6. The van der Waals surface area contributed by atoms with Crippen molar-refractivity contribution < 1.29 is 4.74 Å². The number of piperidine rings is 1. The van der Waals surface area contributed by atoms with Gasteiger partial charge in [-0.25, -0.2) is 0 Å². The lowest BCUT2D eigenvalue weighted by molar-refractivity contribution is 0.146. The van der Waals surface area contributed by atoms with Gasteiger partial charge in [0.05, 0.1) is 0 Å². The average molecular weight is 412 g/mol. The largest absolute Gasteiger partial charge is 0.382 e. The highest BCUT2D eigenvalue weighted by Crippen LogP contribution is 2.19. The number of nitrogens with one attached hydrogen (secondary N) is 1. The lowest BCUT2D eigenvalue weighted by Crippen LogP contribution is -2.36. The van der Waals surface area contributed by atoms with Gasteiger partial charge in [0.1, 0.15) is 0 Å². The second-order valence-electron chi connectivity index (χ2n) is 5.41. The average Bonchev–Trinajstić information content (AvgIpc) is 2.48. The maximum Gasteiger partial charge on any atom is 0.188 e. The van der Waals surface area contributed by atoms with Crippen molar-refractivity contribution in [2.45, 2.75) is 39.5 Å². The summed E-state index contributed by atoms with van der Waals surface area (Å²) in [7, 11) is 0. The lowest BCUT2D eigenvalue weighted by atomic mass is 9.93. The molecule has 1 saturated heterocycles. The van der Waals surface area contributed by atoms with Crippen molar-refractivity contribution in [3.05, 3.63) is 0 Å². The molecular weight excluding hydrogens is 379 g/mol. The van der Waals surface area contributed by atoms with E-state index in [2.05, 4.69) is 22.1 Å². The molecule has 0 aromatic heterocycles. The summed E-state index contributed by atoms with van der Waals surface area (Å²) in [4.78, 5) is 6.82. The van der Waals surface area contributed by atoms with Crippen LogP contribution in [0.15, 0.2) is 4.99 Å². The molecule has 1 rings (SSSR count). The Balaban J connectivity index is 0.00000400. The molecule has 3 N–H and O–H groups in total. The van der Waals surface area contributed by atoms with Gasteiger partial charge in [0.15, 0.2) is 5.96 Å². The molecule has 1 aliphatic rings. The Hall–Kier alpha value is -0.0800. The molecule has 1 heterocycles. The smallest absolute Gasteiger partial charge is 0.188 e. The van der Waals surface area contributed by atoms with Crippen LogP contribution in [0.1, 0.15) is 39.5 Å². The minimum absolute atomic E-state index is 0. The Morgan fingerprint density at radius 2 is 2.05 bits per heavy atom. The summed E-state index contributed by atoms with van der Waals surface area (Å²) in [6.45, 7) is 11.2. The first-order valence-corrected chi connectivity index (χ1v) is 8.10. The third-order valence-corrected chi connectivity index (χ3v) is 3.95. The summed E-state index contributed by atoms with van der Waals surface area (Å²) < 4.78 is 5.26. The second-order valence-corrected chi connectivity index (χ2v) is 5.41. The molecule has 0 atom stereocenters. The summed E-state index contributed by atoms with van der Waals surface area (Å²) in [6.07, 6.45) is 4.78. The van der Waals surface area contributed by atoms with Gasteiger partial charge in [-0.2, -0.15) is 0 Å². The summed E-state index contributed by atoms with van der Waals surface area (Å²) in [5.41, 5.74) is 5.84. The third-order valence-electron chi connectivity index (χ3n) is 3.95. The topological polar surface area (TPSA) is 62.9 Å². The molecule has 0 aromatic carbocycles. The van der Waals surface area contributed by atoms with Crippen LogP contribution >= 0.6 is 24.0 Å². The molecule has 126 valence electrons. The number of nitrogens with two attached hydrogens (primary N) is 1. The number of hydrogen-bond donors (Lipinski definition) is 2. The number of rotatable bonds is 9. The molecule has 0 saturated carbocycles. The molecule has 0 spiro atoms. The van der Waals surface area contributed by atoms with Gasteiger partial charge in [-0.3, -0.25) is 4.99 Å². The zero-order chi connectivity index (χ0) is 14.6. The van der Waals surface area contributed by atoms with Crippen LogP contribution in [0, 0.1) is 5.92 Å². The van der Waals surface area contributed by atoms with Crippen LogP contribution in [0.4, 0.5) is 0 Å². The van der Waals surface area contributed by atoms with Gasteiger partial charge in [0.2, 0.25) is 0 Å². The van der Waals surface area contributed by atoms with Crippen LogP contribution in [-0.2, 0) is 4.74 Å². The summed E-state index contributed by atoms with van der Waals surface area (Å²) in [6, 6.07) is 0. The van der Waals surface area contributed by atoms with Crippen LogP contribution in [0.3, 0.4) is 0 Å². The molecule has 21 heavy (non-hydrogen) atoms. The monoisotopic (exact) mass is 412 g/mol. The SMILES string of the molecule is CCOCCCN=C(N)NCCC1CCN(CC)CC1.I. The van der Waals surface area contributed by atoms with Gasteiger partial charge in [0, 0.05) is 26.3 Å². The van der Waals surface area contributed by atoms with Gasteiger partial charge < -0.3 is 20.7 Å².